The third-order valence-electron chi connectivity index (χ3n) is 4.04. The molecule has 2 aliphatic heterocycles. The van der Waals surface area contributed by atoms with Gasteiger partial charge in [-0.25, -0.2) is 4.90 Å². The van der Waals surface area contributed by atoms with Crippen molar-refractivity contribution in [3.05, 3.63) is 65.1 Å². The molecular weight excluding hydrogens is 340 g/mol. The summed E-state index contributed by atoms with van der Waals surface area (Å²) < 4.78 is 0. The van der Waals surface area contributed by atoms with E-state index in [1.54, 1.807) is 18.2 Å². The second-order valence-corrected chi connectivity index (χ2v) is 6.61. The van der Waals surface area contributed by atoms with Gasteiger partial charge in [0.25, 0.3) is 11.1 Å². The monoisotopic (exact) mass is 352 g/mol. The van der Waals surface area contributed by atoms with Crippen LogP contribution in [0.4, 0.5) is 16.2 Å². The van der Waals surface area contributed by atoms with Gasteiger partial charge in [0.1, 0.15) is 5.75 Å². The van der Waals surface area contributed by atoms with Crippen LogP contribution < -0.4 is 10.2 Å². The first-order valence-electron chi connectivity index (χ1n) is 7.51. The summed E-state index contributed by atoms with van der Waals surface area (Å²) in [5, 5.41) is 11.9. The predicted molar refractivity (Wildman–Crippen MR) is 94.5 cm³/mol. The fourth-order valence-corrected chi connectivity index (χ4v) is 3.74. The Balaban J connectivity index is 1.69. The van der Waals surface area contributed by atoms with E-state index in [9.17, 15) is 19.5 Å². The van der Waals surface area contributed by atoms with Crippen molar-refractivity contribution in [3.8, 4) is 5.75 Å². The minimum atomic E-state index is -0.612. The molecule has 1 atom stereocenters. The molecule has 0 spiro atoms. The van der Waals surface area contributed by atoms with E-state index in [1.165, 1.54) is 18.2 Å². The Morgan fingerprint density at radius 3 is 2.68 bits per heavy atom. The van der Waals surface area contributed by atoms with Gasteiger partial charge in [-0.2, -0.15) is 0 Å². The maximum Gasteiger partial charge on any atom is 0.298 e. The van der Waals surface area contributed by atoms with E-state index in [-0.39, 0.29) is 16.6 Å². The van der Waals surface area contributed by atoms with Crippen molar-refractivity contribution in [2.75, 3.05) is 10.2 Å². The molecule has 2 aromatic rings. The number of nitrogens with zero attached hydrogens (tertiary/aromatic N) is 1. The van der Waals surface area contributed by atoms with Crippen LogP contribution in [0.3, 0.4) is 0 Å². The molecule has 0 radical (unpaired) electrons. The lowest BCUT2D eigenvalue weighted by Crippen LogP contribution is -2.27. The average Bonchev–Trinajstić information content (AvgIpc) is 3.04. The number of rotatable bonds is 2. The number of hydrogen-bond acceptors (Lipinski definition) is 5. The van der Waals surface area contributed by atoms with Crippen LogP contribution in [0.1, 0.15) is 11.5 Å². The van der Waals surface area contributed by atoms with Gasteiger partial charge < -0.3 is 10.4 Å². The summed E-state index contributed by atoms with van der Waals surface area (Å²) in [6, 6.07) is 13.2. The van der Waals surface area contributed by atoms with E-state index >= 15 is 0 Å². The Kier molecular flexibility index (Phi) is 3.58. The van der Waals surface area contributed by atoms with Gasteiger partial charge in [-0.05, 0) is 41.6 Å². The minimum absolute atomic E-state index is 0.0374. The van der Waals surface area contributed by atoms with Crippen LogP contribution in [0.5, 0.6) is 5.75 Å². The van der Waals surface area contributed by atoms with E-state index in [0.29, 0.717) is 11.4 Å². The minimum Gasteiger partial charge on any atom is -0.508 e. The third kappa shape index (κ3) is 2.58. The van der Waals surface area contributed by atoms with Crippen molar-refractivity contribution < 1.29 is 19.5 Å². The number of para-hydroxylation sites is 1. The van der Waals surface area contributed by atoms with Gasteiger partial charge in [0.05, 0.1) is 16.5 Å². The molecule has 0 unspecified atom stereocenters. The van der Waals surface area contributed by atoms with Gasteiger partial charge in [-0.3, -0.25) is 14.4 Å². The van der Waals surface area contributed by atoms with Crippen molar-refractivity contribution in [1.82, 2.24) is 0 Å². The van der Waals surface area contributed by atoms with Crippen molar-refractivity contribution in [3.63, 3.8) is 0 Å². The molecule has 2 heterocycles. The predicted octanol–water partition coefficient (Wildman–Crippen LogP) is 3.21. The molecule has 3 amide bonds. The van der Waals surface area contributed by atoms with Crippen LogP contribution in [0, 0.1) is 0 Å². The van der Waals surface area contributed by atoms with Crippen LogP contribution in [-0.2, 0) is 9.59 Å². The Morgan fingerprint density at radius 1 is 1.08 bits per heavy atom. The number of hydrogen-bond donors (Lipinski definition) is 2. The molecule has 7 heteroatoms. The van der Waals surface area contributed by atoms with E-state index in [1.807, 2.05) is 18.2 Å². The summed E-state index contributed by atoms with van der Waals surface area (Å²) >= 11 is 0.783. The number of benzene rings is 2. The number of carbonyl (C=O) groups excluding carboxylic acids is 3. The number of fused-ring (bicyclic) bond motifs is 1. The molecule has 124 valence electrons. The number of nitrogens with one attached hydrogen (secondary N) is 1. The van der Waals surface area contributed by atoms with Crippen molar-refractivity contribution in [2.45, 2.75) is 5.92 Å². The SMILES string of the molecule is O=C1Nc2ccccc2[C@@H]1/C=C1\SC(=O)N(c2cccc(O)c2)C1=O. The Bertz CT molecular complexity index is 954. The van der Waals surface area contributed by atoms with E-state index < -0.39 is 17.1 Å². The number of phenolic OH excluding ortho intramolecular Hbond substituents is 1. The van der Waals surface area contributed by atoms with Gasteiger partial charge in [-0.1, -0.05) is 24.3 Å². The number of imide groups is 1. The lowest BCUT2D eigenvalue weighted by atomic mass is 10.00. The number of carbonyl (C=O) groups is 3. The summed E-state index contributed by atoms with van der Waals surface area (Å²) in [5.74, 6) is -1.38. The second-order valence-electron chi connectivity index (χ2n) is 5.61. The smallest absolute Gasteiger partial charge is 0.298 e. The largest absolute Gasteiger partial charge is 0.508 e. The molecule has 25 heavy (non-hydrogen) atoms. The fraction of sp³-hybridized carbons (Fsp3) is 0.0556. The number of thioether (sulfide) groups is 1. The summed E-state index contributed by atoms with van der Waals surface area (Å²) in [6.07, 6.45) is 1.52. The van der Waals surface area contributed by atoms with E-state index in [0.717, 1.165) is 22.2 Å². The first kappa shape index (κ1) is 15.5. The van der Waals surface area contributed by atoms with E-state index in [4.69, 9.17) is 0 Å². The van der Waals surface area contributed by atoms with E-state index in [2.05, 4.69) is 5.32 Å². The molecule has 2 aromatic carbocycles. The van der Waals surface area contributed by atoms with Crippen LogP contribution in [0.2, 0.25) is 0 Å². The van der Waals surface area contributed by atoms with Gasteiger partial charge in [0, 0.05) is 11.8 Å². The highest BCUT2D eigenvalue weighted by molar-refractivity contribution is 8.18. The summed E-state index contributed by atoms with van der Waals surface area (Å²) in [7, 11) is 0. The normalized spacial score (nSPS) is 21.0. The number of phenols is 1. The van der Waals surface area contributed by atoms with Crippen LogP contribution in [0.25, 0.3) is 0 Å². The Labute approximate surface area is 147 Å². The average molecular weight is 352 g/mol. The molecule has 0 bridgehead atoms. The lowest BCUT2D eigenvalue weighted by Gasteiger charge is -2.12. The highest BCUT2D eigenvalue weighted by atomic mass is 32.2. The maximum atomic E-state index is 12.6. The first-order valence-corrected chi connectivity index (χ1v) is 8.33. The Morgan fingerprint density at radius 2 is 1.88 bits per heavy atom. The lowest BCUT2D eigenvalue weighted by molar-refractivity contribution is -0.116. The summed E-state index contributed by atoms with van der Waals surface area (Å²) in [4.78, 5) is 38.3. The third-order valence-corrected chi connectivity index (χ3v) is 4.92. The molecule has 0 aliphatic carbocycles. The highest BCUT2D eigenvalue weighted by Crippen LogP contribution is 2.40. The highest BCUT2D eigenvalue weighted by Gasteiger charge is 2.38. The zero-order valence-corrected chi connectivity index (χ0v) is 13.6. The number of anilines is 2. The molecule has 1 fully saturated rings. The number of amides is 3. The van der Waals surface area contributed by atoms with Gasteiger partial charge in [0.2, 0.25) is 5.91 Å². The van der Waals surface area contributed by atoms with Crippen molar-refractivity contribution in [1.29, 1.82) is 0 Å². The van der Waals surface area contributed by atoms with Crippen LogP contribution in [-0.4, -0.2) is 22.2 Å². The standard InChI is InChI=1S/C18H12N2O4S/c21-11-5-3-4-10(8-11)20-17(23)15(25-18(20)24)9-13-12-6-1-2-7-14(12)19-16(13)22/h1-9,13,21H,(H,19,22)/b15-9-/t13-/m0/s1. The van der Waals surface area contributed by atoms with Gasteiger partial charge in [-0.15, -0.1) is 0 Å². The topological polar surface area (TPSA) is 86.7 Å². The molecule has 4 rings (SSSR count). The Hall–Kier alpha value is -3.06. The van der Waals surface area contributed by atoms with Crippen molar-refractivity contribution >= 4 is 40.2 Å². The molecule has 6 nitrogen and oxygen atoms in total. The molecule has 0 aromatic heterocycles. The molecule has 2 N–H and O–H groups in total. The zero-order chi connectivity index (χ0) is 17.6. The van der Waals surface area contributed by atoms with Crippen LogP contribution in [0.15, 0.2) is 59.5 Å². The second kappa shape index (κ2) is 5.78. The summed E-state index contributed by atoms with van der Waals surface area (Å²) in [5.41, 5.74) is 1.78. The fourth-order valence-electron chi connectivity index (χ4n) is 2.89. The zero-order valence-electron chi connectivity index (χ0n) is 12.8. The van der Waals surface area contributed by atoms with Gasteiger partial charge >= 0.3 is 0 Å². The van der Waals surface area contributed by atoms with Crippen molar-refractivity contribution in [2.24, 2.45) is 0 Å². The summed E-state index contributed by atoms with van der Waals surface area (Å²) in [6.45, 7) is 0. The molecule has 0 saturated carbocycles. The number of aromatic hydroxyl groups is 1. The molecule has 1 saturated heterocycles. The molecule has 2 aliphatic rings. The first-order chi connectivity index (χ1) is 12.0. The molecular formula is C18H12N2O4S. The van der Waals surface area contributed by atoms with Crippen LogP contribution >= 0.6 is 11.8 Å². The maximum absolute atomic E-state index is 12.6. The quantitative estimate of drug-likeness (QED) is 0.811. The van der Waals surface area contributed by atoms with Gasteiger partial charge in [0.15, 0.2) is 0 Å².